The van der Waals surface area contributed by atoms with Crippen molar-refractivity contribution in [2.24, 2.45) is 0 Å². The molecule has 0 radical (unpaired) electrons. The van der Waals surface area contributed by atoms with Crippen LogP contribution in [0.5, 0.6) is 0 Å². The molecule has 0 spiro atoms. The van der Waals surface area contributed by atoms with E-state index in [2.05, 4.69) is 10.3 Å². The predicted octanol–water partition coefficient (Wildman–Crippen LogP) is 3.75. The molecule has 0 saturated heterocycles. The van der Waals surface area contributed by atoms with Gasteiger partial charge < -0.3 is 0 Å². The second-order valence-electron chi connectivity index (χ2n) is 3.54. The summed E-state index contributed by atoms with van der Waals surface area (Å²) < 4.78 is 15.1. The Morgan fingerprint density at radius 3 is 2.94 bits per heavy atom. The van der Waals surface area contributed by atoms with Crippen LogP contribution in [-0.4, -0.2) is 15.0 Å². The highest BCUT2D eigenvalue weighted by Crippen LogP contribution is 2.24. The second kappa shape index (κ2) is 5.02. The molecule has 1 unspecified atom stereocenters. The molecule has 0 amide bonds. The minimum atomic E-state index is -0.520. The average molecular weight is 274 g/mol. The van der Waals surface area contributed by atoms with Crippen LogP contribution < -0.4 is 0 Å². The third kappa shape index (κ3) is 2.42. The number of nitrogens with zero attached hydrogens (tertiary/aromatic N) is 3. The van der Waals surface area contributed by atoms with E-state index in [9.17, 15) is 4.39 Å². The molecule has 90 valence electrons. The van der Waals surface area contributed by atoms with Gasteiger partial charge >= 0.3 is 0 Å². The highest BCUT2D eigenvalue weighted by Gasteiger charge is 2.13. The Labute approximate surface area is 108 Å². The summed E-state index contributed by atoms with van der Waals surface area (Å²) in [5, 5.41) is 7.58. The van der Waals surface area contributed by atoms with Crippen molar-refractivity contribution in [2.75, 3.05) is 0 Å². The normalized spacial score (nSPS) is 12.7. The molecule has 1 atom stereocenters. The van der Waals surface area contributed by atoms with E-state index in [0.717, 1.165) is 6.42 Å². The largest absolute Gasteiger partial charge is 0.217 e. The summed E-state index contributed by atoms with van der Waals surface area (Å²) in [5.74, 6) is -0.520. The van der Waals surface area contributed by atoms with Crippen LogP contribution in [0.15, 0.2) is 24.4 Å². The zero-order valence-electron chi connectivity index (χ0n) is 9.07. The molecule has 1 heterocycles. The lowest BCUT2D eigenvalue weighted by Crippen LogP contribution is -1.98. The molecule has 0 aliphatic rings. The maximum atomic E-state index is 13.7. The van der Waals surface area contributed by atoms with Crippen molar-refractivity contribution in [1.29, 1.82) is 0 Å². The molecular weight excluding hydrogens is 264 g/mol. The monoisotopic (exact) mass is 273 g/mol. The summed E-state index contributed by atoms with van der Waals surface area (Å²) >= 11 is 11.7. The van der Waals surface area contributed by atoms with Gasteiger partial charge in [-0.1, -0.05) is 29.8 Å². The van der Waals surface area contributed by atoms with Crippen molar-refractivity contribution < 1.29 is 4.39 Å². The molecular formula is C11H10Cl2FN3. The number of halogens is 3. The Hall–Kier alpha value is -1.13. The Balaban J connectivity index is 2.40. The Morgan fingerprint density at radius 1 is 1.47 bits per heavy atom. The SMILES string of the molecule is CCC(Cl)c1cn(-c2cccc(Cl)c2F)nn1. The van der Waals surface area contributed by atoms with Crippen LogP contribution in [0, 0.1) is 5.82 Å². The maximum Gasteiger partial charge on any atom is 0.167 e. The standard InChI is InChI=1S/C11H10Cl2FN3/c1-2-7(12)9-6-17(16-15-9)10-5-3-4-8(13)11(10)14/h3-7H,2H2,1H3. The van der Waals surface area contributed by atoms with E-state index in [-0.39, 0.29) is 16.1 Å². The zero-order chi connectivity index (χ0) is 12.4. The fourth-order valence-electron chi connectivity index (χ4n) is 1.42. The first-order chi connectivity index (χ1) is 8.13. The van der Waals surface area contributed by atoms with E-state index in [1.807, 2.05) is 6.92 Å². The van der Waals surface area contributed by atoms with Gasteiger partial charge in [0, 0.05) is 0 Å². The lowest BCUT2D eigenvalue weighted by Gasteiger charge is -2.03. The van der Waals surface area contributed by atoms with Crippen LogP contribution in [0.25, 0.3) is 5.69 Å². The molecule has 0 bridgehead atoms. The smallest absolute Gasteiger partial charge is 0.167 e. The molecule has 1 aromatic heterocycles. The summed E-state index contributed by atoms with van der Waals surface area (Å²) in [6.45, 7) is 1.94. The number of hydrogen-bond acceptors (Lipinski definition) is 2. The van der Waals surface area contributed by atoms with Gasteiger partial charge in [0.1, 0.15) is 11.4 Å². The lowest BCUT2D eigenvalue weighted by atomic mass is 10.2. The van der Waals surface area contributed by atoms with E-state index < -0.39 is 5.82 Å². The number of benzene rings is 1. The number of aromatic nitrogens is 3. The molecule has 2 aromatic rings. The molecule has 17 heavy (non-hydrogen) atoms. The molecule has 0 fully saturated rings. The van der Waals surface area contributed by atoms with Crippen LogP contribution in [0.3, 0.4) is 0 Å². The first-order valence-electron chi connectivity index (χ1n) is 5.14. The van der Waals surface area contributed by atoms with Crippen LogP contribution in [0.2, 0.25) is 5.02 Å². The second-order valence-corrected chi connectivity index (χ2v) is 4.47. The van der Waals surface area contributed by atoms with Crippen molar-refractivity contribution in [1.82, 2.24) is 15.0 Å². The number of hydrogen-bond donors (Lipinski definition) is 0. The molecule has 0 aliphatic heterocycles. The van der Waals surface area contributed by atoms with Gasteiger partial charge in [0.25, 0.3) is 0 Å². The summed E-state index contributed by atoms with van der Waals surface area (Å²) in [7, 11) is 0. The predicted molar refractivity (Wildman–Crippen MR) is 65.2 cm³/mol. The fraction of sp³-hybridized carbons (Fsp3) is 0.273. The molecule has 2 rings (SSSR count). The van der Waals surface area contributed by atoms with Gasteiger partial charge in [0.2, 0.25) is 0 Å². The van der Waals surface area contributed by atoms with E-state index >= 15 is 0 Å². The van der Waals surface area contributed by atoms with Crippen LogP contribution >= 0.6 is 23.2 Å². The third-order valence-electron chi connectivity index (χ3n) is 2.37. The van der Waals surface area contributed by atoms with Crippen LogP contribution in [-0.2, 0) is 0 Å². The summed E-state index contributed by atoms with van der Waals surface area (Å²) in [4.78, 5) is 0. The van der Waals surface area contributed by atoms with Crippen molar-refractivity contribution in [2.45, 2.75) is 18.7 Å². The van der Waals surface area contributed by atoms with Crippen molar-refractivity contribution in [3.63, 3.8) is 0 Å². The van der Waals surface area contributed by atoms with Crippen LogP contribution in [0.1, 0.15) is 24.4 Å². The molecule has 1 aromatic carbocycles. The highest BCUT2D eigenvalue weighted by molar-refractivity contribution is 6.30. The minimum Gasteiger partial charge on any atom is -0.217 e. The van der Waals surface area contributed by atoms with Gasteiger partial charge in [-0.2, -0.15) is 0 Å². The summed E-state index contributed by atoms with van der Waals surface area (Å²) in [5.41, 5.74) is 0.879. The Kier molecular flexibility index (Phi) is 3.64. The Bertz CT molecular complexity index is 527. The van der Waals surface area contributed by atoms with Gasteiger partial charge in [0.05, 0.1) is 16.6 Å². The third-order valence-corrected chi connectivity index (χ3v) is 3.19. The molecule has 0 saturated carbocycles. The van der Waals surface area contributed by atoms with Gasteiger partial charge in [-0.15, -0.1) is 16.7 Å². The minimum absolute atomic E-state index is 0.0532. The average Bonchev–Trinajstić information content (AvgIpc) is 2.81. The van der Waals surface area contributed by atoms with E-state index in [1.54, 1.807) is 18.3 Å². The lowest BCUT2D eigenvalue weighted by molar-refractivity contribution is 0.607. The molecule has 3 nitrogen and oxygen atoms in total. The van der Waals surface area contributed by atoms with Crippen molar-refractivity contribution >= 4 is 23.2 Å². The van der Waals surface area contributed by atoms with Crippen molar-refractivity contribution in [3.05, 3.63) is 40.9 Å². The number of rotatable bonds is 3. The first-order valence-corrected chi connectivity index (χ1v) is 5.95. The fourth-order valence-corrected chi connectivity index (χ4v) is 1.69. The quantitative estimate of drug-likeness (QED) is 0.798. The van der Waals surface area contributed by atoms with Gasteiger partial charge in [0.15, 0.2) is 5.82 Å². The Morgan fingerprint density at radius 2 is 2.24 bits per heavy atom. The van der Waals surface area contributed by atoms with E-state index in [1.165, 1.54) is 10.7 Å². The molecule has 6 heteroatoms. The number of alkyl halides is 1. The van der Waals surface area contributed by atoms with E-state index in [0.29, 0.717) is 5.69 Å². The van der Waals surface area contributed by atoms with E-state index in [4.69, 9.17) is 23.2 Å². The van der Waals surface area contributed by atoms with Crippen molar-refractivity contribution in [3.8, 4) is 5.69 Å². The zero-order valence-corrected chi connectivity index (χ0v) is 10.6. The van der Waals surface area contributed by atoms with Crippen LogP contribution in [0.4, 0.5) is 4.39 Å². The van der Waals surface area contributed by atoms with Gasteiger partial charge in [-0.3, -0.25) is 0 Å². The summed E-state index contributed by atoms with van der Waals surface area (Å²) in [6, 6.07) is 4.71. The van der Waals surface area contributed by atoms with Gasteiger partial charge in [-0.05, 0) is 18.6 Å². The highest BCUT2D eigenvalue weighted by atomic mass is 35.5. The molecule has 0 aliphatic carbocycles. The maximum absolute atomic E-state index is 13.7. The van der Waals surface area contributed by atoms with Gasteiger partial charge in [-0.25, -0.2) is 9.07 Å². The first kappa shape index (κ1) is 12.3. The molecule has 0 N–H and O–H groups in total. The topological polar surface area (TPSA) is 30.7 Å². The summed E-state index contributed by atoms with van der Waals surface area (Å²) in [6.07, 6.45) is 2.34.